The molecule has 0 amide bonds. The number of nitriles is 2. The first-order valence-corrected chi connectivity index (χ1v) is 7.80. The maximum absolute atomic E-state index is 8.78. The van der Waals surface area contributed by atoms with Crippen molar-refractivity contribution in [1.82, 2.24) is 4.98 Å². The van der Waals surface area contributed by atoms with E-state index in [2.05, 4.69) is 11.1 Å². The van der Waals surface area contributed by atoms with Crippen molar-refractivity contribution in [3.63, 3.8) is 0 Å². The Morgan fingerprint density at radius 2 is 1.46 bits per heavy atom. The number of ether oxygens (including phenoxy) is 2. The normalized spacial score (nSPS) is 12.5. The lowest BCUT2D eigenvalue weighted by Crippen LogP contribution is -2.18. The monoisotopic (exact) mass is 321 g/mol. The van der Waals surface area contributed by atoms with Crippen LogP contribution in [0.25, 0.3) is 0 Å². The molecule has 0 fully saturated rings. The highest BCUT2D eigenvalue weighted by atomic mass is 16.5. The number of hydrogen-bond acceptors (Lipinski definition) is 5. The Labute approximate surface area is 142 Å². The molecule has 0 aliphatic heterocycles. The van der Waals surface area contributed by atoms with Crippen LogP contribution in [0, 0.1) is 22.7 Å². The van der Waals surface area contributed by atoms with Gasteiger partial charge in [0.1, 0.15) is 23.3 Å². The second-order valence-electron chi connectivity index (χ2n) is 5.56. The van der Waals surface area contributed by atoms with Gasteiger partial charge in [0.15, 0.2) is 0 Å². The van der Waals surface area contributed by atoms with Gasteiger partial charge in [-0.1, -0.05) is 0 Å². The van der Waals surface area contributed by atoms with Crippen LogP contribution in [0.1, 0.15) is 37.9 Å². The van der Waals surface area contributed by atoms with Gasteiger partial charge in [0, 0.05) is 0 Å². The molecule has 0 bridgehead atoms. The number of hydrogen-bond donors (Lipinski definition) is 0. The summed E-state index contributed by atoms with van der Waals surface area (Å²) in [5.41, 5.74) is 0.993. The van der Waals surface area contributed by atoms with Gasteiger partial charge in [0.05, 0.1) is 30.0 Å². The second-order valence-corrected chi connectivity index (χ2v) is 5.56. The van der Waals surface area contributed by atoms with Crippen LogP contribution in [0.15, 0.2) is 42.6 Å². The highest BCUT2D eigenvalue weighted by Gasteiger charge is 2.10. The Hall–Kier alpha value is -3.05. The van der Waals surface area contributed by atoms with Crippen LogP contribution in [-0.2, 0) is 0 Å². The van der Waals surface area contributed by atoms with Crippen molar-refractivity contribution in [3.8, 4) is 23.6 Å². The Morgan fingerprint density at radius 1 is 0.875 bits per heavy atom. The van der Waals surface area contributed by atoms with E-state index in [0.29, 0.717) is 17.0 Å². The highest BCUT2D eigenvalue weighted by molar-refractivity contribution is 5.34. The van der Waals surface area contributed by atoms with Gasteiger partial charge < -0.3 is 9.47 Å². The average Bonchev–Trinajstić information content (AvgIpc) is 2.61. The molecule has 122 valence electrons. The molecule has 0 aliphatic rings. The van der Waals surface area contributed by atoms with Gasteiger partial charge in [-0.05, 0) is 63.1 Å². The summed E-state index contributed by atoms with van der Waals surface area (Å²) in [6.45, 7) is 4.00. The number of benzene rings is 1. The summed E-state index contributed by atoms with van der Waals surface area (Å²) >= 11 is 0. The van der Waals surface area contributed by atoms with Crippen LogP contribution in [0.4, 0.5) is 0 Å². The average molecular weight is 321 g/mol. The molecule has 2 aromatic rings. The topological polar surface area (TPSA) is 78.9 Å². The summed E-state index contributed by atoms with van der Waals surface area (Å²) in [4.78, 5) is 3.98. The zero-order valence-corrected chi connectivity index (χ0v) is 13.8. The van der Waals surface area contributed by atoms with Crippen molar-refractivity contribution < 1.29 is 9.47 Å². The molecule has 24 heavy (non-hydrogen) atoms. The largest absolute Gasteiger partial charge is 0.491 e. The third kappa shape index (κ3) is 5.30. The van der Waals surface area contributed by atoms with E-state index < -0.39 is 0 Å². The third-order valence-electron chi connectivity index (χ3n) is 3.49. The van der Waals surface area contributed by atoms with Crippen molar-refractivity contribution >= 4 is 0 Å². The van der Waals surface area contributed by atoms with Crippen LogP contribution >= 0.6 is 0 Å². The molecule has 0 spiro atoms. The lowest BCUT2D eigenvalue weighted by atomic mass is 10.1. The summed E-state index contributed by atoms with van der Waals surface area (Å²) in [5.74, 6) is 1.41. The minimum absolute atomic E-state index is 0.0201. The van der Waals surface area contributed by atoms with E-state index in [4.69, 9.17) is 20.0 Å². The lowest BCUT2D eigenvalue weighted by molar-refractivity contribution is 0.160. The standard InChI is InChI=1S/C19H19N3O2/c1-14(23-18-8-5-16(11-20)6-9-18)3-4-15(2)24-19-10-7-17(12-21)22-13-19/h5-10,13-15H,3-4H2,1-2H3/t14-,15-/m0/s1. The molecule has 1 aromatic heterocycles. The van der Waals surface area contributed by atoms with Gasteiger partial charge in [0.2, 0.25) is 0 Å². The zero-order chi connectivity index (χ0) is 17.4. The van der Waals surface area contributed by atoms with Gasteiger partial charge in [-0.25, -0.2) is 4.98 Å². The lowest BCUT2D eigenvalue weighted by Gasteiger charge is -2.18. The van der Waals surface area contributed by atoms with Gasteiger partial charge in [0.25, 0.3) is 0 Å². The second kappa shape index (κ2) is 8.55. The van der Waals surface area contributed by atoms with Crippen LogP contribution in [0.5, 0.6) is 11.5 Å². The first kappa shape index (κ1) is 17.3. The number of nitrogens with zero attached hydrogens (tertiary/aromatic N) is 3. The van der Waals surface area contributed by atoms with E-state index in [9.17, 15) is 0 Å². The van der Waals surface area contributed by atoms with Crippen molar-refractivity contribution in [2.24, 2.45) is 0 Å². The van der Waals surface area contributed by atoms with Crippen LogP contribution in [-0.4, -0.2) is 17.2 Å². The van der Waals surface area contributed by atoms with E-state index in [-0.39, 0.29) is 12.2 Å². The van der Waals surface area contributed by atoms with Crippen LogP contribution < -0.4 is 9.47 Å². The molecule has 2 rings (SSSR count). The minimum Gasteiger partial charge on any atom is -0.491 e. The Morgan fingerprint density at radius 3 is 1.96 bits per heavy atom. The molecule has 1 heterocycles. The smallest absolute Gasteiger partial charge is 0.140 e. The molecule has 0 N–H and O–H groups in total. The molecule has 0 saturated carbocycles. The minimum atomic E-state index is 0.0201. The van der Waals surface area contributed by atoms with Crippen molar-refractivity contribution in [2.45, 2.75) is 38.9 Å². The van der Waals surface area contributed by atoms with Crippen LogP contribution in [0.2, 0.25) is 0 Å². The zero-order valence-electron chi connectivity index (χ0n) is 13.8. The van der Waals surface area contributed by atoms with E-state index in [0.717, 1.165) is 18.6 Å². The van der Waals surface area contributed by atoms with E-state index in [1.807, 2.05) is 19.9 Å². The fourth-order valence-corrected chi connectivity index (χ4v) is 2.18. The first-order valence-electron chi connectivity index (χ1n) is 7.80. The molecule has 1 aromatic carbocycles. The SMILES string of the molecule is C[C@@H](CC[C@H](C)Oc1ccc(C#N)nc1)Oc1ccc(C#N)cc1. The summed E-state index contributed by atoms with van der Waals surface area (Å²) in [5, 5.41) is 17.5. The quantitative estimate of drug-likeness (QED) is 0.774. The number of rotatable bonds is 7. The van der Waals surface area contributed by atoms with Crippen LogP contribution in [0.3, 0.4) is 0 Å². The van der Waals surface area contributed by atoms with E-state index in [1.165, 1.54) is 0 Å². The third-order valence-corrected chi connectivity index (χ3v) is 3.49. The number of pyridine rings is 1. The molecule has 0 aliphatic carbocycles. The Kier molecular flexibility index (Phi) is 6.16. The number of aromatic nitrogens is 1. The van der Waals surface area contributed by atoms with Gasteiger partial charge >= 0.3 is 0 Å². The maximum atomic E-state index is 8.78. The molecule has 5 heteroatoms. The summed E-state index contributed by atoms with van der Waals surface area (Å²) < 4.78 is 11.6. The van der Waals surface area contributed by atoms with Gasteiger partial charge in [-0.2, -0.15) is 10.5 Å². The van der Waals surface area contributed by atoms with Gasteiger partial charge in [-0.3, -0.25) is 0 Å². The fourth-order valence-electron chi connectivity index (χ4n) is 2.18. The van der Waals surface area contributed by atoms with E-state index in [1.54, 1.807) is 42.6 Å². The van der Waals surface area contributed by atoms with Crippen molar-refractivity contribution in [2.75, 3.05) is 0 Å². The van der Waals surface area contributed by atoms with E-state index >= 15 is 0 Å². The molecule has 5 nitrogen and oxygen atoms in total. The summed E-state index contributed by atoms with van der Waals surface area (Å²) in [7, 11) is 0. The molecule has 0 saturated heterocycles. The first-order chi connectivity index (χ1) is 11.6. The van der Waals surface area contributed by atoms with Crippen molar-refractivity contribution in [3.05, 3.63) is 53.9 Å². The predicted octanol–water partition coefficient (Wildman–Crippen LogP) is 3.84. The predicted molar refractivity (Wildman–Crippen MR) is 89.5 cm³/mol. The highest BCUT2D eigenvalue weighted by Crippen LogP contribution is 2.17. The molecule has 0 unspecified atom stereocenters. The Bertz CT molecular complexity index is 662. The molecular weight excluding hydrogens is 302 g/mol. The maximum Gasteiger partial charge on any atom is 0.140 e. The molecule has 0 radical (unpaired) electrons. The molecular formula is C19H19N3O2. The molecule has 2 atom stereocenters. The Balaban J connectivity index is 1.76. The summed E-state index contributed by atoms with van der Waals surface area (Å²) in [6.07, 6.45) is 3.29. The van der Waals surface area contributed by atoms with Gasteiger partial charge in [-0.15, -0.1) is 0 Å². The van der Waals surface area contributed by atoms with Crippen molar-refractivity contribution in [1.29, 1.82) is 10.5 Å². The summed E-state index contributed by atoms with van der Waals surface area (Å²) in [6, 6.07) is 14.5. The fraction of sp³-hybridized carbons (Fsp3) is 0.316.